The maximum absolute atomic E-state index is 14.0. The van der Waals surface area contributed by atoms with Crippen LogP contribution in [0.25, 0.3) is 0 Å². The van der Waals surface area contributed by atoms with Crippen molar-refractivity contribution in [2.45, 2.75) is 37.6 Å². The standard InChI is InChI=1S/C19H23FN2O4S/c1-5-19(2,3)21-18(23)13-6-8-14(9-7-13)22-27(24,25)17-11-10-15(26-4)12-16(17)20/h6-12,22H,5H2,1-4H3,(H,21,23). The van der Waals surface area contributed by atoms with E-state index < -0.39 is 20.7 Å². The third-order valence-electron chi connectivity index (χ3n) is 4.16. The van der Waals surface area contributed by atoms with Crippen LogP contribution in [0.5, 0.6) is 5.75 Å². The van der Waals surface area contributed by atoms with Gasteiger partial charge in [0.05, 0.1) is 7.11 Å². The van der Waals surface area contributed by atoms with E-state index in [1.165, 1.54) is 37.4 Å². The van der Waals surface area contributed by atoms with Crippen LogP contribution in [0.1, 0.15) is 37.6 Å². The molecule has 2 N–H and O–H groups in total. The van der Waals surface area contributed by atoms with E-state index in [9.17, 15) is 17.6 Å². The van der Waals surface area contributed by atoms with Gasteiger partial charge in [0, 0.05) is 22.9 Å². The molecule has 0 saturated heterocycles. The zero-order valence-electron chi connectivity index (χ0n) is 15.7. The fraction of sp³-hybridized carbons (Fsp3) is 0.316. The highest BCUT2D eigenvalue weighted by atomic mass is 32.2. The summed E-state index contributed by atoms with van der Waals surface area (Å²) in [5, 5.41) is 2.90. The predicted octanol–water partition coefficient (Wildman–Crippen LogP) is 3.55. The van der Waals surface area contributed by atoms with Crippen molar-refractivity contribution in [1.82, 2.24) is 5.32 Å². The third-order valence-corrected chi connectivity index (χ3v) is 5.58. The molecule has 0 unspecified atom stereocenters. The van der Waals surface area contributed by atoms with Gasteiger partial charge in [0.1, 0.15) is 16.5 Å². The van der Waals surface area contributed by atoms with Gasteiger partial charge in [-0.3, -0.25) is 9.52 Å². The summed E-state index contributed by atoms with van der Waals surface area (Å²) in [5.74, 6) is -0.950. The number of anilines is 1. The van der Waals surface area contributed by atoms with Gasteiger partial charge in [-0.05, 0) is 56.7 Å². The molecule has 0 aliphatic carbocycles. The van der Waals surface area contributed by atoms with Gasteiger partial charge in [-0.1, -0.05) is 6.92 Å². The van der Waals surface area contributed by atoms with Crippen LogP contribution < -0.4 is 14.8 Å². The molecule has 0 spiro atoms. The molecule has 0 aliphatic rings. The summed E-state index contributed by atoms with van der Waals surface area (Å²) in [6.45, 7) is 5.80. The molecule has 0 saturated carbocycles. The van der Waals surface area contributed by atoms with Crippen LogP contribution >= 0.6 is 0 Å². The summed E-state index contributed by atoms with van der Waals surface area (Å²) in [5.41, 5.74) is 0.273. The highest BCUT2D eigenvalue weighted by Crippen LogP contribution is 2.23. The van der Waals surface area contributed by atoms with Crippen molar-refractivity contribution in [3.63, 3.8) is 0 Å². The van der Waals surface area contributed by atoms with Crippen LogP contribution in [0, 0.1) is 5.82 Å². The number of halogens is 1. The number of ether oxygens (including phenoxy) is 1. The quantitative estimate of drug-likeness (QED) is 0.752. The molecular weight excluding hydrogens is 371 g/mol. The first-order valence-corrected chi connectivity index (χ1v) is 9.85. The zero-order valence-corrected chi connectivity index (χ0v) is 16.5. The summed E-state index contributed by atoms with van der Waals surface area (Å²) >= 11 is 0. The van der Waals surface area contributed by atoms with E-state index in [1.54, 1.807) is 0 Å². The minimum Gasteiger partial charge on any atom is -0.497 e. The molecule has 0 heterocycles. The molecule has 2 aromatic carbocycles. The van der Waals surface area contributed by atoms with Crippen molar-refractivity contribution >= 4 is 21.6 Å². The number of carbonyl (C=O) groups excluding carboxylic acids is 1. The lowest BCUT2D eigenvalue weighted by molar-refractivity contribution is 0.0911. The molecule has 2 rings (SSSR count). The molecule has 0 aliphatic heterocycles. The van der Waals surface area contributed by atoms with Crippen LogP contribution in [-0.4, -0.2) is 27.0 Å². The van der Waals surface area contributed by atoms with Gasteiger partial charge < -0.3 is 10.1 Å². The summed E-state index contributed by atoms with van der Waals surface area (Å²) in [6.07, 6.45) is 0.768. The number of benzene rings is 2. The molecule has 146 valence electrons. The van der Waals surface area contributed by atoms with Crippen LogP contribution in [-0.2, 0) is 10.0 Å². The van der Waals surface area contributed by atoms with Crippen molar-refractivity contribution in [2.24, 2.45) is 0 Å². The average Bonchev–Trinajstić information content (AvgIpc) is 2.61. The van der Waals surface area contributed by atoms with Gasteiger partial charge in [-0.15, -0.1) is 0 Å². The van der Waals surface area contributed by atoms with Crippen LogP contribution in [0.15, 0.2) is 47.4 Å². The van der Waals surface area contributed by atoms with Crippen molar-refractivity contribution in [2.75, 3.05) is 11.8 Å². The minimum absolute atomic E-state index is 0.219. The van der Waals surface area contributed by atoms with E-state index in [2.05, 4.69) is 10.0 Å². The molecule has 6 nitrogen and oxygen atoms in total. The number of carbonyl (C=O) groups is 1. The lowest BCUT2D eigenvalue weighted by Crippen LogP contribution is -2.42. The van der Waals surface area contributed by atoms with E-state index in [-0.39, 0.29) is 22.9 Å². The first kappa shape index (κ1) is 20.7. The van der Waals surface area contributed by atoms with Crippen molar-refractivity contribution in [3.05, 3.63) is 53.8 Å². The van der Waals surface area contributed by atoms with Crippen LogP contribution in [0.4, 0.5) is 10.1 Å². The number of sulfonamides is 1. The fourth-order valence-electron chi connectivity index (χ4n) is 2.19. The molecular formula is C19H23FN2O4S. The molecule has 8 heteroatoms. The minimum atomic E-state index is -4.12. The maximum atomic E-state index is 14.0. The lowest BCUT2D eigenvalue weighted by Gasteiger charge is -2.24. The van der Waals surface area contributed by atoms with E-state index in [4.69, 9.17) is 4.74 Å². The Morgan fingerprint density at radius 2 is 1.78 bits per heavy atom. The fourth-order valence-corrected chi connectivity index (χ4v) is 3.31. The van der Waals surface area contributed by atoms with Crippen LogP contribution in [0.2, 0.25) is 0 Å². The number of amides is 1. The first-order chi connectivity index (χ1) is 12.6. The van der Waals surface area contributed by atoms with Gasteiger partial charge >= 0.3 is 0 Å². The van der Waals surface area contributed by atoms with Gasteiger partial charge in [-0.2, -0.15) is 0 Å². The molecule has 1 amide bonds. The van der Waals surface area contributed by atoms with Crippen molar-refractivity contribution in [3.8, 4) is 5.75 Å². The summed E-state index contributed by atoms with van der Waals surface area (Å²) in [7, 11) is -2.75. The zero-order chi connectivity index (χ0) is 20.2. The molecule has 0 radical (unpaired) electrons. The maximum Gasteiger partial charge on any atom is 0.264 e. The monoisotopic (exact) mass is 394 g/mol. The second kappa shape index (κ2) is 7.96. The smallest absolute Gasteiger partial charge is 0.264 e. The Hall–Kier alpha value is -2.61. The molecule has 2 aromatic rings. The highest BCUT2D eigenvalue weighted by molar-refractivity contribution is 7.92. The largest absolute Gasteiger partial charge is 0.497 e. The Labute approximate surface area is 158 Å². The van der Waals surface area contributed by atoms with E-state index in [0.717, 1.165) is 18.6 Å². The predicted molar refractivity (Wildman–Crippen MR) is 102 cm³/mol. The number of nitrogens with one attached hydrogen (secondary N) is 2. The van der Waals surface area contributed by atoms with E-state index >= 15 is 0 Å². The van der Waals surface area contributed by atoms with Gasteiger partial charge in [-0.25, -0.2) is 12.8 Å². The van der Waals surface area contributed by atoms with Crippen molar-refractivity contribution in [1.29, 1.82) is 0 Å². The molecule has 0 aromatic heterocycles. The van der Waals surface area contributed by atoms with Crippen molar-refractivity contribution < 1.29 is 22.3 Å². The summed E-state index contributed by atoms with van der Waals surface area (Å²) in [6, 6.07) is 9.40. The topological polar surface area (TPSA) is 84.5 Å². The van der Waals surface area contributed by atoms with Gasteiger partial charge in [0.15, 0.2) is 0 Å². The number of methoxy groups -OCH3 is 1. The average molecular weight is 394 g/mol. The Bertz CT molecular complexity index is 925. The van der Waals surface area contributed by atoms with Crippen LogP contribution in [0.3, 0.4) is 0 Å². The molecule has 0 atom stereocenters. The molecule has 0 bridgehead atoms. The summed E-state index contributed by atoms with van der Waals surface area (Å²) < 4.78 is 46.0. The normalized spacial score (nSPS) is 11.7. The lowest BCUT2D eigenvalue weighted by atomic mass is 10.0. The molecule has 27 heavy (non-hydrogen) atoms. The van der Waals surface area contributed by atoms with Gasteiger partial charge in [0.25, 0.3) is 15.9 Å². The number of hydrogen-bond donors (Lipinski definition) is 2. The first-order valence-electron chi connectivity index (χ1n) is 8.37. The Balaban J connectivity index is 2.17. The second-order valence-electron chi connectivity index (χ2n) is 6.67. The highest BCUT2D eigenvalue weighted by Gasteiger charge is 2.21. The van der Waals surface area contributed by atoms with E-state index in [1.807, 2.05) is 20.8 Å². The third kappa shape index (κ3) is 5.19. The molecule has 0 fully saturated rings. The number of rotatable bonds is 7. The Morgan fingerprint density at radius 1 is 1.15 bits per heavy atom. The van der Waals surface area contributed by atoms with Gasteiger partial charge in [0.2, 0.25) is 0 Å². The van der Waals surface area contributed by atoms with E-state index in [0.29, 0.717) is 5.56 Å². The second-order valence-corrected chi connectivity index (χ2v) is 8.32. The Kier molecular flexibility index (Phi) is 6.10. The Morgan fingerprint density at radius 3 is 2.30 bits per heavy atom. The summed E-state index contributed by atoms with van der Waals surface area (Å²) in [4.78, 5) is 11.7. The number of hydrogen-bond acceptors (Lipinski definition) is 4. The SMILES string of the molecule is CCC(C)(C)NC(=O)c1ccc(NS(=O)(=O)c2ccc(OC)cc2F)cc1.